The molecule has 7 heteroatoms. The maximum Gasteiger partial charge on any atom is 0.301 e. The summed E-state index contributed by atoms with van der Waals surface area (Å²) in [5.74, 6) is 0. The van der Waals surface area contributed by atoms with E-state index in [2.05, 4.69) is 10.0 Å². The van der Waals surface area contributed by atoms with Crippen LogP contribution in [0, 0.1) is 0 Å². The Kier molecular flexibility index (Phi) is 3.82. The third-order valence-electron chi connectivity index (χ3n) is 3.62. The van der Waals surface area contributed by atoms with Gasteiger partial charge in [-0.25, -0.2) is 0 Å². The van der Waals surface area contributed by atoms with Crippen molar-refractivity contribution >= 4 is 21.6 Å². The Bertz CT molecular complexity index is 583. The number of rotatable bonds is 3. The van der Waals surface area contributed by atoms with Crippen molar-refractivity contribution < 1.29 is 13.2 Å². The third-order valence-corrected chi connectivity index (χ3v) is 5.15. The first-order valence-electron chi connectivity index (χ1n) is 6.88. The van der Waals surface area contributed by atoms with Gasteiger partial charge >= 0.3 is 10.2 Å². The van der Waals surface area contributed by atoms with Gasteiger partial charge in [-0.2, -0.15) is 12.7 Å². The molecule has 0 radical (unpaired) electrons. The first kappa shape index (κ1) is 13.7. The molecule has 1 saturated heterocycles. The van der Waals surface area contributed by atoms with E-state index < -0.39 is 10.2 Å². The van der Waals surface area contributed by atoms with Crippen molar-refractivity contribution in [1.82, 2.24) is 4.31 Å². The van der Waals surface area contributed by atoms with Crippen LogP contribution in [-0.4, -0.2) is 45.6 Å². The molecule has 1 aromatic rings. The molecule has 2 aliphatic rings. The van der Waals surface area contributed by atoms with Crippen molar-refractivity contribution in [2.45, 2.75) is 12.8 Å². The van der Waals surface area contributed by atoms with Gasteiger partial charge in [-0.3, -0.25) is 4.72 Å². The molecule has 0 spiro atoms. The molecule has 20 heavy (non-hydrogen) atoms. The number of ether oxygens (including phenoxy) is 1. The summed E-state index contributed by atoms with van der Waals surface area (Å²) in [6.45, 7) is 2.58. The van der Waals surface area contributed by atoms with E-state index in [1.165, 1.54) is 9.87 Å². The molecular weight excluding hydrogens is 278 g/mol. The molecule has 110 valence electrons. The zero-order chi connectivity index (χ0) is 14.0. The molecule has 6 nitrogen and oxygen atoms in total. The second-order valence-corrected chi connectivity index (χ2v) is 6.66. The van der Waals surface area contributed by atoms with E-state index in [0.29, 0.717) is 32.0 Å². The van der Waals surface area contributed by atoms with Gasteiger partial charge < -0.3 is 10.1 Å². The lowest BCUT2D eigenvalue weighted by molar-refractivity contribution is 0.0733. The SMILES string of the molecule is O=S(=O)(Nc1cccc2c1NCCC2)N1CCOCC1. The summed E-state index contributed by atoms with van der Waals surface area (Å²) in [4.78, 5) is 0. The standard InChI is InChI=1S/C13H19N3O3S/c17-20(18,16-7-9-19-10-8-16)15-12-5-1-3-11-4-2-6-14-13(11)12/h1,3,5,14-15H,2,4,6-10H2. The van der Waals surface area contributed by atoms with Crippen LogP contribution in [0.4, 0.5) is 11.4 Å². The second-order valence-electron chi connectivity index (χ2n) is 4.99. The fraction of sp³-hybridized carbons (Fsp3) is 0.538. The highest BCUT2D eigenvalue weighted by molar-refractivity contribution is 7.90. The molecule has 2 aliphatic heterocycles. The van der Waals surface area contributed by atoms with Crippen LogP contribution in [-0.2, 0) is 21.4 Å². The van der Waals surface area contributed by atoms with Crippen LogP contribution in [0.3, 0.4) is 0 Å². The van der Waals surface area contributed by atoms with Crippen molar-refractivity contribution in [1.29, 1.82) is 0 Å². The van der Waals surface area contributed by atoms with Gasteiger partial charge in [-0.15, -0.1) is 0 Å². The Morgan fingerprint density at radius 2 is 2.05 bits per heavy atom. The van der Waals surface area contributed by atoms with Gasteiger partial charge in [0, 0.05) is 19.6 Å². The molecule has 0 bridgehead atoms. The molecule has 1 fully saturated rings. The summed E-state index contributed by atoms with van der Waals surface area (Å²) in [5, 5.41) is 3.29. The molecular formula is C13H19N3O3S. The van der Waals surface area contributed by atoms with Gasteiger partial charge in [0.25, 0.3) is 0 Å². The molecule has 0 saturated carbocycles. The number of hydrogen-bond acceptors (Lipinski definition) is 4. The number of fused-ring (bicyclic) bond motifs is 1. The smallest absolute Gasteiger partial charge is 0.301 e. The first-order valence-corrected chi connectivity index (χ1v) is 8.32. The number of hydrogen-bond donors (Lipinski definition) is 2. The van der Waals surface area contributed by atoms with E-state index in [4.69, 9.17) is 4.74 Å². The van der Waals surface area contributed by atoms with Crippen LogP contribution in [0.5, 0.6) is 0 Å². The van der Waals surface area contributed by atoms with Crippen molar-refractivity contribution in [3.8, 4) is 0 Å². The molecule has 2 N–H and O–H groups in total. The Morgan fingerprint density at radius 3 is 2.85 bits per heavy atom. The minimum atomic E-state index is -3.51. The third kappa shape index (κ3) is 2.74. The Morgan fingerprint density at radius 1 is 1.25 bits per heavy atom. The molecule has 0 aromatic heterocycles. The van der Waals surface area contributed by atoms with Crippen molar-refractivity contribution in [3.63, 3.8) is 0 Å². The Hall–Kier alpha value is -1.31. The highest BCUT2D eigenvalue weighted by Gasteiger charge is 2.25. The summed E-state index contributed by atoms with van der Waals surface area (Å²) in [6, 6.07) is 5.73. The summed E-state index contributed by atoms with van der Waals surface area (Å²) in [5.41, 5.74) is 2.71. The van der Waals surface area contributed by atoms with Crippen LogP contribution in [0.25, 0.3) is 0 Å². The molecule has 3 rings (SSSR count). The van der Waals surface area contributed by atoms with E-state index in [0.717, 1.165) is 25.1 Å². The number of morpholine rings is 1. The normalized spacial score (nSPS) is 20.0. The summed E-state index contributed by atoms with van der Waals surface area (Å²) < 4.78 is 34.1. The van der Waals surface area contributed by atoms with E-state index in [9.17, 15) is 8.42 Å². The number of nitrogens with one attached hydrogen (secondary N) is 2. The molecule has 0 unspecified atom stereocenters. The Balaban J connectivity index is 1.83. The first-order chi connectivity index (χ1) is 9.67. The second kappa shape index (κ2) is 5.59. The van der Waals surface area contributed by atoms with Crippen molar-refractivity contribution in [3.05, 3.63) is 23.8 Å². The van der Waals surface area contributed by atoms with Gasteiger partial charge in [0.2, 0.25) is 0 Å². The molecule has 1 aromatic carbocycles. The van der Waals surface area contributed by atoms with E-state index in [1.807, 2.05) is 12.1 Å². The van der Waals surface area contributed by atoms with E-state index in [1.54, 1.807) is 6.07 Å². The van der Waals surface area contributed by atoms with Gasteiger partial charge in [-0.1, -0.05) is 12.1 Å². The van der Waals surface area contributed by atoms with Crippen LogP contribution >= 0.6 is 0 Å². The van der Waals surface area contributed by atoms with Gasteiger partial charge in [0.05, 0.1) is 24.6 Å². The molecule has 2 heterocycles. The fourth-order valence-electron chi connectivity index (χ4n) is 2.58. The minimum absolute atomic E-state index is 0.401. The summed E-state index contributed by atoms with van der Waals surface area (Å²) >= 11 is 0. The average molecular weight is 297 g/mol. The largest absolute Gasteiger partial charge is 0.383 e. The highest BCUT2D eigenvalue weighted by atomic mass is 32.2. The van der Waals surface area contributed by atoms with Gasteiger partial charge in [0.15, 0.2) is 0 Å². The molecule has 0 amide bonds. The molecule has 0 aliphatic carbocycles. The van der Waals surface area contributed by atoms with Crippen molar-refractivity contribution in [2.24, 2.45) is 0 Å². The number of para-hydroxylation sites is 1. The zero-order valence-electron chi connectivity index (χ0n) is 11.3. The van der Waals surface area contributed by atoms with Crippen LogP contribution in [0.15, 0.2) is 18.2 Å². The lowest BCUT2D eigenvalue weighted by Crippen LogP contribution is -2.43. The Labute approximate surface area is 119 Å². The molecule has 0 atom stereocenters. The number of benzene rings is 1. The highest BCUT2D eigenvalue weighted by Crippen LogP contribution is 2.31. The number of nitrogens with zero attached hydrogens (tertiary/aromatic N) is 1. The number of aryl methyl sites for hydroxylation is 1. The average Bonchev–Trinajstić information content (AvgIpc) is 2.48. The topological polar surface area (TPSA) is 70.7 Å². The summed E-state index contributed by atoms with van der Waals surface area (Å²) in [6.07, 6.45) is 2.06. The van der Waals surface area contributed by atoms with Crippen molar-refractivity contribution in [2.75, 3.05) is 42.9 Å². The van der Waals surface area contributed by atoms with Crippen LogP contribution in [0.2, 0.25) is 0 Å². The monoisotopic (exact) mass is 297 g/mol. The van der Waals surface area contributed by atoms with E-state index >= 15 is 0 Å². The van der Waals surface area contributed by atoms with Crippen LogP contribution < -0.4 is 10.0 Å². The van der Waals surface area contributed by atoms with E-state index in [-0.39, 0.29) is 0 Å². The van der Waals surface area contributed by atoms with Gasteiger partial charge in [-0.05, 0) is 24.5 Å². The predicted molar refractivity (Wildman–Crippen MR) is 78.2 cm³/mol. The fourth-order valence-corrected chi connectivity index (χ4v) is 3.79. The summed E-state index contributed by atoms with van der Waals surface area (Å²) in [7, 11) is -3.51. The maximum absolute atomic E-state index is 12.4. The van der Waals surface area contributed by atoms with Gasteiger partial charge in [0.1, 0.15) is 0 Å². The minimum Gasteiger partial charge on any atom is -0.383 e. The number of anilines is 2. The quantitative estimate of drug-likeness (QED) is 0.874. The van der Waals surface area contributed by atoms with Crippen LogP contribution in [0.1, 0.15) is 12.0 Å². The lowest BCUT2D eigenvalue weighted by atomic mass is 10.0. The maximum atomic E-state index is 12.4. The predicted octanol–water partition coefficient (Wildman–Crippen LogP) is 1.03. The lowest BCUT2D eigenvalue weighted by Gasteiger charge is -2.28. The zero-order valence-corrected chi connectivity index (χ0v) is 12.1.